The van der Waals surface area contributed by atoms with E-state index in [-0.39, 0.29) is 11.3 Å². The van der Waals surface area contributed by atoms with Crippen LogP contribution >= 0.6 is 23.2 Å². The van der Waals surface area contributed by atoms with Crippen molar-refractivity contribution in [3.8, 4) is 17.1 Å². The second-order valence-corrected chi connectivity index (χ2v) is 6.94. The summed E-state index contributed by atoms with van der Waals surface area (Å²) in [7, 11) is 0. The van der Waals surface area contributed by atoms with Gasteiger partial charge in [0, 0.05) is 28.7 Å². The van der Waals surface area contributed by atoms with E-state index in [1.807, 2.05) is 6.07 Å². The van der Waals surface area contributed by atoms with Crippen molar-refractivity contribution in [3.05, 3.63) is 81.8 Å². The molecular weight excluding hydrogens is 393 g/mol. The Bertz CT molecular complexity index is 1170. The number of phenols is 1. The van der Waals surface area contributed by atoms with Crippen LogP contribution in [-0.4, -0.2) is 14.7 Å². The summed E-state index contributed by atoms with van der Waals surface area (Å²) in [6, 6.07) is 13.9. The van der Waals surface area contributed by atoms with Gasteiger partial charge in [0.1, 0.15) is 11.6 Å². The molecule has 4 aromatic rings. The Balaban J connectivity index is 1.96. The number of aromatic nitrogens is 2. The van der Waals surface area contributed by atoms with E-state index in [1.54, 1.807) is 34.9 Å². The van der Waals surface area contributed by atoms with Crippen molar-refractivity contribution in [1.82, 2.24) is 9.55 Å². The van der Waals surface area contributed by atoms with Crippen LogP contribution in [0.5, 0.6) is 5.75 Å². The summed E-state index contributed by atoms with van der Waals surface area (Å²) in [6.45, 7) is 0.305. The number of phenolic OH excluding ortho intramolecular Hbond substituents is 1. The topological polar surface area (TPSA) is 38.1 Å². The molecule has 0 atom stereocenters. The average Bonchev–Trinajstić information content (AvgIpc) is 2.93. The van der Waals surface area contributed by atoms with Gasteiger partial charge in [-0.3, -0.25) is 0 Å². The Morgan fingerprint density at radius 1 is 0.926 bits per heavy atom. The number of aromatic hydroxyl groups is 1. The van der Waals surface area contributed by atoms with Crippen LogP contribution in [0.15, 0.2) is 54.6 Å². The lowest BCUT2D eigenvalue weighted by molar-refractivity contribution is 0.476. The highest BCUT2D eigenvalue weighted by atomic mass is 35.5. The van der Waals surface area contributed by atoms with Crippen LogP contribution in [0.3, 0.4) is 0 Å². The molecule has 1 aromatic heterocycles. The minimum Gasteiger partial charge on any atom is -0.507 e. The van der Waals surface area contributed by atoms with Gasteiger partial charge in [0.05, 0.1) is 16.6 Å². The van der Waals surface area contributed by atoms with Gasteiger partial charge < -0.3 is 9.67 Å². The van der Waals surface area contributed by atoms with Crippen LogP contribution in [-0.2, 0) is 6.54 Å². The lowest BCUT2D eigenvalue weighted by Gasteiger charge is -2.11. The third-order valence-electron chi connectivity index (χ3n) is 4.22. The summed E-state index contributed by atoms with van der Waals surface area (Å²) >= 11 is 12.0. The molecule has 0 unspecified atom stereocenters. The summed E-state index contributed by atoms with van der Waals surface area (Å²) < 4.78 is 29.3. The fourth-order valence-corrected chi connectivity index (χ4v) is 3.38. The van der Waals surface area contributed by atoms with Crippen LogP contribution in [0.2, 0.25) is 10.0 Å². The number of rotatable bonds is 3. The zero-order valence-corrected chi connectivity index (χ0v) is 15.3. The Hall–Kier alpha value is -2.63. The van der Waals surface area contributed by atoms with Gasteiger partial charge >= 0.3 is 0 Å². The predicted octanol–water partition coefficient (Wildman–Crippen LogP) is 6.04. The molecule has 136 valence electrons. The van der Waals surface area contributed by atoms with Crippen molar-refractivity contribution in [1.29, 1.82) is 0 Å². The first-order valence-corrected chi connectivity index (χ1v) is 8.76. The monoisotopic (exact) mass is 404 g/mol. The molecule has 0 saturated heterocycles. The molecule has 0 aliphatic heterocycles. The molecule has 0 radical (unpaired) electrons. The second-order valence-electron chi connectivity index (χ2n) is 6.07. The zero-order valence-electron chi connectivity index (χ0n) is 13.8. The van der Waals surface area contributed by atoms with E-state index in [4.69, 9.17) is 23.2 Å². The Morgan fingerprint density at radius 3 is 2.41 bits per heavy atom. The van der Waals surface area contributed by atoms with Gasteiger partial charge in [-0.15, -0.1) is 0 Å². The minimum absolute atomic E-state index is 0.0777. The molecule has 1 heterocycles. The van der Waals surface area contributed by atoms with Gasteiger partial charge in [0.25, 0.3) is 0 Å². The second kappa shape index (κ2) is 6.83. The van der Waals surface area contributed by atoms with Gasteiger partial charge in [-0.2, -0.15) is 0 Å². The van der Waals surface area contributed by atoms with E-state index in [2.05, 4.69) is 4.98 Å². The molecule has 7 heteroatoms. The SMILES string of the molecule is Oc1cc(Cl)ccc1-c1nc2cc(F)c(F)cc2n1Cc1cccc(Cl)c1. The zero-order chi connectivity index (χ0) is 19.1. The van der Waals surface area contributed by atoms with E-state index in [0.717, 1.165) is 17.7 Å². The first-order valence-electron chi connectivity index (χ1n) is 8.01. The number of hydrogen-bond acceptors (Lipinski definition) is 2. The highest BCUT2D eigenvalue weighted by Gasteiger charge is 2.18. The predicted molar refractivity (Wildman–Crippen MR) is 102 cm³/mol. The highest BCUT2D eigenvalue weighted by molar-refractivity contribution is 6.31. The first kappa shape index (κ1) is 17.8. The Morgan fingerprint density at radius 2 is 1.67 bits per heavy atom. The summed E-state index contributed by atoms with van der Waals surface area (Å²) in [6.07, 6.45) is 0. The fraction of sp³-hybridized carbons (Fsp3) is 0.0500. The minimum atomic E-state index is -0.984. The number of hydrogen-bond donors (Lipinski definition) is 1. The lowest BCUT2D eigenvalue weighted by Crippen LogP contribution is -2.03. The smallest absolute Gasteiger partial charge is 0.161 e. The molecule has 3 nitrogen and oxygen atoms in total. The maximum atomic E-state index is 13.9. The van der Waals surface area contributed by atoms with Crippen molar-refractivity contribution >= 4 is 34.2 Å². The standard InChI is InChI=1S/C20H12Cl2F2N2O/c21-12-3-1-2-11(6-12)10-26-18-9-16(24)15(23)8-17(18)25-20(26)14-5-4-13(22)7-19(14)27/h1-9,27H,10H2. The summed E-state index contributed by atoms with van der Waals surface area (Å²) in [4.78, 5) is 4.41. The molecule has 0 aliphatic rings. The Kier molecular flexibility index (Phi) is 4.50. The molecule has 0 spiro atoms. The summed E-state index contributed by atoms with van der Waals surface area (Å²) in [5.74, 6) is -1.67. The molecule has 1 N–H and O–H groups in total. The van der Waals surface area contributed by atoms with Crippen LogP contribution in [0.25, 0.3) is 22.4 Å². The average molecular weight is 405 g/mol. The summed E-state index contributed by atoms with van der Waals surface area (Å²) in [5, 5.41) is 11.2. The van der Waals surface area contributed by atoms with Crippen LogP contribution < -0.4 is 0 Å². The number of fused-ring (bicyclic) bond motifs is 1. The van der Waals surface area contributed by atoms with Crippen LogP contribution in [0.1, 0.15) is 5.56 Å². The normalized spacial score (nSPS) is 11.3. The summed E-state index contributed by atoms with van der Waals surface area (Å²) in [5.41, 5.74) is 1.93. The highest BCUT2D eigenvalue weighted by Crippen LogP contribution is 2.34. The largest absolute Gasteiger partial charge is 0.507 e. The fourth-order valence-electron chi connectivity index (χ4n) is 3.00. The molecule has 0 aliphatic carbocycles. The van der Waals surface area contributed by atoms with E-state index in [9.17, 15) is 13.9 Å². The van der Waals surface area contributed by atoms with Crippen LogP contribution in [0.4, 0.5) is 8.78 Å². The third kappa shape index (κ3) is 3.36. The molecule has 0 fully saturated rings. The van der Waals surface area contributed by atoms with Gasteiger partial charge in [0.2, 0.25) is 0 Å². The van der Waals surface area contributed by atoms with Crippen molar-refractivity contribution in [2.75, 3.05) is 0 Å². The number of benzene rings is 3. The number of nitrogens with zero attached hydrogens (tertiary/aromatic N) is 2. The van der Waals surface area contributed by atoms with Gasteiger partial charge in [-0.25, -0.2) is 13.8 Å². The number of imidazole rings is 1. The van der Waals surface area contributed by atoms with Crippen molar-refractivity contribution < 1.29 is 13.9 Å². The molecule has 27 heavy (non-hydrogen) atoms. The van der Waals surface area contributed by atoms with Crippen LogP contribution in [0, 0.1) is 11.6 Å². The molecule has 4 rings (SSSR count). The van der Waals surface area contributed by atoms with Crippen molar-refractivity contribution in [2.24, 2.45) is 0 Å². The van der Waals surface area contributed by atoms with E-state index >= 15 is 0 Å². The maximum Gasteiger partial charge on any atom is 0.161 e. The molecule has 0 bridgehead atoms. The molecule has 0 amide bonds. The van der Waals surface area contributed by atoms with Crippen molar-refractivity contribution in [2.45, 2.75) is 6.54 Å². The number of halogens is 4. The van der Waals surface area contributed by atoms with E-state index < -0.39 is 11.6 Å². The third-order valence-corrected chi connectivity index (χ3v) is 4.69. The lowest BCUT2D eigenvalue weighted by atomic mass is 10.1. The molecular formula is C20H12Cl2F2N2O. The maximum absolute atomic E-state index is 13.9. The van der Waals surface area contributed by atoms with Gasteiger partial charge in [-0.1, -0.05) is 35.3 Å². The quantitative estimate of drug-likeness (QED) is 0.451. The Labute approximate surface area is 163 Å². The molecule has 0 saturated carbocycles. The first-order chi connectivity index (χ1) is 12.9. The van der Waals surface area contributed by atoms with E-state index in [1.165, 1.54) is 6.07 Å². The molecule has 3 aromatic carbocycles. The van der Waals surface area contributed by atoms with E-state index in [0.29, 0.717) is 33.5 Å². The van der Waals surface area contributed by atoms with Gasteiger partial charge in [-0.05, 0) is 35.9 Å². The van der Waals surface area contributed by atoms with Crippen molar-refractivity contribution in [3.63, 3.8) is 0 Å². The van der Waals surface area contributed by atoms with Gasteiger partial charge in [0.15, 0.2) is 11.6 Å².